The number of aromatic nitrogens is 3. The molecule has 3 heterocycles. The van der Waals surface area contributed by atoms with Gasteiger partial charge in [0, 0.05) is 49.5 Å². The molecule has 0 atom stereocenters. The third kappa shape index (κ3) is 3.00. The van der Waals surface area contributed by atoms with Crippen molar-refractivity contribution in [3.8, 4) is 11.3 Å². The molecular formula is C19H21N5O. The zero-order valence-corrected chi connectivity index (χ0v) is 14.5. The number of H-pyrrole nitrogens is 1. The number of nitrogens with one attached hydrogen (secondary N) is 1. The van der Waals surface area contributed by atoms with Gasteiger partial charge in [-0.1, -0.05) is 12.1 Å². The number of pyridine rings is 1. The summed E-state index contributed by atoms with van der Waals surface area (Å²) in [6.07, 6.45) is 3.58. The van der Waals surface area contributed by atoms with Crippen LogP contribution in [0.25, 0.3) is 22.0 Å². The van der Waals surface area contributed by atoms with Crippen LogP contribution in [0.3, 0.4) is 0 Å². The highest BCUT2D eigenvalue weighted by molar-refractivity contribution is 5.87. The summed E-state index contributed by atoms with van der Waals surface area (Å²) in [6.45, 7) is 5.91. The second-order valence-corrected chi connectivity index (χ2v) is 6.61. The van der Waals surface area contributed by atoms with E-state index in [0.29, 0.717) is 5.39 Å². The Morgan fingerprint density at radius 1 is 1.04 bits per heavy atom. The first kappa shape index (κ1) is 15.8. The number of aryl methyl sites for hydroxylation is 1. The molecule has 1 N–H and O–H groups in total. The topological polar surface area (TPSA) is 65.1 Å². The maximum atomic E-state index is 12.4. The Balaban J connectivity index is 1.67. The smallest absolute Gasteiger partial charge is 0.256 e. The van der Waals surface area contributed by atoms with Gasteiger partial charge in [-0.2, -0.15) is 0 Å². The van der Waals surface area contributed by atoms with Crippen LogP contribution in [-0.2, 0) is 0 Å². The van der Waals surface area contributed by atoms with E-state index in [2.05, 4.69) is 31.8 Å². The zero-order valence-electron chi connectivity index (χ0n) is 14.5. The normalized spacial score (nSPS) is 15.7. The standard InChI is InChI=1S/C19H21N5O/c1-13-4-3-5-15-16(13)10-17(22-18(15)25)14-11-20-19(21-12-14)24-8-6-23(2)7-9-24/h3-5,10-12H,6-9H2,1-2H3,(H,22,25). The van der Waals surface area contributed by atoms with Gasteiger partial charge in [-0.25, -0.2) is 9.97 Å². The number of piperazine rings is 1. The average Bonchev–Trinajstić information content (AvgIpc) is 2.63. The fraction of sp³-hybridized carbons (Fsp3) is 0.316. The number of rotatable bonds is 2. The predicted molar refractivity (Wildman–Crippen MR) is 100 cm³/mol. The molecule has 1 aliphatic rings. The lowest BCUT2D eigenvalue weighted by Crippen LogP contribution is -2.45. The van der Waals surface area contributed by atoms with Gasteiger partial charge in [0.15, 0.2) is 0 Å². The van der Waals surface area contributed by atoms with Crippen LogP contribution in [0.5, 0.6) is 0 Å². The molecule has 2 aromatic heterocycles. The Morgan fingerprint density at radius 3 is 2.48 bits per heavy atom. The van der Waals surface area contributed by atoms with E-state index in [9.17, 15) is 4.79 Å². The molecule has 128 valence electrons. The van der Waals surface area contributed by atoms with Crippen molar-refractivity contribution >= 4 is 16.7 Å². The molecule has 1 aromatic carbocycles. The van der Waals surface area contributed by atoms with E-state index in [-0.39, 0.29) is 5.56 Å². The summed E-state index contributed by atoms with van der Waals surface area (Å²) in [5, 5.41) is 1.67. The van der Waals surface area contributed by atoms with E-state index in [1.807, 2.05) is 31.2 Å². The van der Waals surface area contributed by atoms with E-state index in [1.54, 1.807) is 12.4 Å². The Labute approximate surface area is 146 Å². The van der Waals surface area contributed by atoms with Crippen molar-refractivity contribution in [2.24, 2.45) is 0 Å². The summed E-state index contributed by atoms with van der Waals surface area (Å²) < 4.78 is 0. The highest BCUT2D eigenvalue weighted by Crippen LogP contribution is 2.22. The first-order valence-electron chi connectivity index (χ1n) is 8.50. The molecule has 0 spiro atoms. The van der Waals surface area contributed by atoms with Crippen molar-refractivity contribution in [3.63, 3.8) is 0 Å². The fourth-order valence-corrected chi connectivity index (χ4v) is 3.23. The Kier molecular flexibility index (Phi) is 3.97. The second kappa shape index (κ2) is 6.29. The van der Waals surface area contributed by atoms with Crippen LogP contribution >= 0.6 is 0 Å². The molecular weight excluding hydrogens is 314 g/mol. The van der Waals surface area contributed by atoms with Crippen LogP contribution in [-0.4, -0.2) is 53.1 Å². The van der Waals surface area contributed by atoms with Gasteiger partial charge in [0.2, 0.25) is 5.95 Å². The first-order valence-corrected chi connectivity index (χ1v) is 8.50. The van der Waals surface area contributed by atoms with E-state index in [4.69, 9.17) is 0 Å². The average molecular weight is 335 g/mol. The maximum absolute atomic E-state index is 12.4. The van der Waals surface area contributed by atoms with Crippen molar-refractivity contribution in [2.75, 3.05) is 38.1 Å². The minimum absolute atomic E-state index is 0.0839. The number of benzene rings is 1. The number of nitrogens with zero attached hydrogens (tertiary/aromatic N) is 4. The molecule has 6 nitrogen and oxygen atoms in total. The lowest BCUT2D eigenvalue weighted by atomic mass is 10.1. The van der Waals surface area contributed by atoms with Gasteiger partial charge >= 0.3 is 0 Å². The Hall–Kier alpha value is -2.73. The first-order chi connectivity index (χ1) is 12.1. The molecule has 1 fully saturated rings. The molecule has 0 radical (unpaired) electrons. The quantitative estimate of drug-likeness (QED) is 0.776. The van der Waals surface area contributed by atoms with Gasteiger partial charge in [0.25, 0.3) is 5.56 Å². The van der Waals surface area contributed by atoms with Crippen LogP contribution < -0.4 is 10.5 Å². The number of hydrogen-bond donors (Lipinski definition) is 1. The number of anilines is 1. The molecule has 0 aliphatic carbocycles. The minimum Gasteiger partial charge on any atom is -0.338 e. The summed E-state index contributed by atoms with van der Waals surface area (Å²) in [5.74, 6) is 0.746. The minimum atomic E-state index is -0.0839. The van der Waals surface area contributed by atoms with Gasteiger partial charge < -0.3 is 14.8 Å². The highest BCUT2D eigenvalue weighted by atomic mass is 16.1. The maximum Gasteiger partial charge on any atom is 0.256 e. The fourth-order valence-electron chi connectivity index (χ4n) is 3.23. The van der Waals surface area contributed by atoms with Crippen LogP contribution in [0.1, 0.15) is 5.56 Å². The van der Waals surface area contributed by atoms with Gasteiger partial charge in [0.1, 0.15) is 0 Å². The summed E-state index contributed by atoms with van der Waals surface area (Å²) >= 11 is 0. The summed E-state index contributed by atoms with van der Waals surface area (Å²) in [6, 6.07) is 7.76. The van der Waals surface area contributed by atoms with Gasteiger partial charge in [0.05, 0.1) is 5.69 Å². The third-order valence-electron chi connectivity index (χ3n) is 4.84. The summed E-state index contributed by atoms with van der Waals surface area (Å²) in [4.78, 5) is 28.8. The van der Waals surface area contributed by atoms with Crippen molar-refractivity contribution in [2.45, 2.75) is 6.92 Å². The predicted octanol–water partition coefficient (Wildman–Crippen LogP) is 2.05. The Morgan fingerprint density at radius 2 is 1.76 bits per heavy atom. The second-order valence-electron chi connectivity index (χ2n) is 6.61. The lowest BCUT2D eigenvalue weighted by Gasteiger charge is -2.32. The largest absolute Gasteiger partial charge is 0.338 e. The molecule has 1 aliphatic heterocycles. The third-order valence-corrected chi connectivity index (χ3v) is 4.84. The number of likely N-dealkylation sites (N-methyl/N-ethyl adjacent to an activating group) is 1. The number of aromatic amines is 1. The lowest BCUT2D eigenvalue weighted by molar-refractivity contribution is 0.311. The highest BCUT2D eigenvalue weighted by Gasteiger charge is 2.16. The van der Waals surface area contributed by atoms with Gasteiger partial charge in [-0.15, -0.1) is 0 Å². The Bertz CT molecular complexity index is 956. The van der Waals surface area contributed by atoms with Crippen LogP contribution in [0.2, 0.25) is 0 Å². The molecule has 0 bridgehead atoms. The van der Waals surface area contributed by atoms with Gasteiger partial charge in [-0.05, 0) is 37.1 Å². The molecule has 4 rings (SSSR count). The van der Waals surface area contributed by atoms with Crippen LogP contribution in [0, 0.1) is 6.92 Å². The van der Waals surface area contributed by atoms with Crippen molar-refractivity contribution in [3.05, 3.63) is 52.6 Å². The summed E-state index contributed by atoms with van der Waals surface area (Å²) in [7, 11) is 2.12. The van der Waals surface area contributed by atoms with E-state index in [0.717, 1.165) is 54.3 Å². The van der Waals surface area contributed by atoms with Crippen molar-refractivity contribution in [1.29, 1.82) is 0 Å². The molecule has 25 heavy (non-hydrogen) atoms. The van der Waals surface area contributed by atoms with Gasteiger partial charge in [-0.3, -0.25) is 4.79 Å². The molecule has 0 unspecified atom stereocenters. The zero-order chi connectivity index (χ0) is 17.4. The van der Waals surface area contributed by atoms with E-state index < -0.39 is 0 Å². The molecule has 1 saturated heterocycles. The van der Waals surface area contributed by atoms with Crippen molar-refractivity contribution in [1.82, 2.24) is 19.9 Å². The number of fused-ring (bicyclic) bond motifs is 1. The van der Waals surface area contributed by atoms with Crippen LogP contribution in [0.15, 0.2) is 41.5 Å². The number of hydrogen-bond acceptors (Lipinski definition) is 5. The molecule has 6 heteroatoms. The van der Waals surface area contributed by atoms with E-state index >= 15 is 0 Å². The molecule has 3 aromatic rings. The molecule has 0 saturated carbocycles. The summed E-state index contributed by atoms with van der Waals surface area (Å²) in [5.41, 5.74) is 2.57. The monoisotopic (exact) mass is 335 g/mol. The van der Waals surface area contributed by atoms with Crippen LogP contribution in [0.4, 0.5) is 5.95 Å². The SMILES string of the molecule is Cc1cccc2c(=O)[nH]c(-c3cnc(N4CCN(C)CC4)nc3)cc12. The van der Waals surface area contributed by atoms with Crippen molar-refractivity contribution < 1.29 is 0 Å². The molecule has 0 amide bonds. The van der Waals surface area contributed by atoms with E-state index in [1.165, 1.54) is 0 Å².